The number of hydrogen-bond acceptors (Lipinski definition) is 3. The van der Waals surface area contributed by atoms with Gasteiger partial charge in [-0.25, -0.2) is 13.1 Å². The zero-order valence-electron chi connectivity index (χ0n) is 14.1. The highest BCUT2D eigenvalue weighted by Crippen LogP contribution is 2.11. The Kier molecular flexibility index (Phi) is 8.87. The van der Waals surface area contributed by atoms with E-state index in [4.69, 9.17) is 0 Å². The summed E-state index contributed by atoms with van der Waals surface area (Å²) in [7, 11) is -2.17. The molecule has 0 bridgehead atoms. The van der Waals surface area contributed by atoms with E-state index < -0.39 is 10.0 Å². The molecule has 0 aliphatic rings. The quantitative estimate of drug-likeness (QED) is 0.608. The second kappa shape index (κ2) is 10.4. The van der Waals surface area contributed by atoms with Crippen LogP contribution in [-0.2, 0) is 10.0 Å². The third kappa shape index (κ3) is 7.14. The van der Waals surface area contributed by atoms with Gasteiger partial charge in [-0.15, -0.1) is 0 Å². The van der Waals surface area contributed by atoms with E-state index in [2.05, 4.69) is 17.0 Å². The predicted molar refractivity (Wildman–Crippen MR) is 93.0 cm³/mol. The average molecular weight is 340 g/mol. The van der Waals surface area contributed by atoms with Crippen LogP contribution < -0.4 is 10.0 Å². The molecule has 1 amide bonds. The largest absolute Gasteiger partial charge is 0.352 e. The lowest BCUT2D eigenvalue weighted by molar-refractivity contribution is 0.0952. The first-order valence-corrected chi connectivity index (χ1v) is 9.81. The van der Waals surface area contributed by atoms with E-state index in [1.807, 2.05) is 0 Å². The van der Waals surface area contributed by atoms with Crippen LogP contribution in [0.15, 0.2) is 29.2 Å². The van der Waals surface area contributed by atoms with Gasteiger partial charge < -0.3 is 5.32 Å². The Morgan fingerprint density at radius 3 is 2.35 bits per heavy atom. The van der Waals surface area contributed by atoms with Crippen molar-refractivity contribution in [2.24, 2.45) is 0 Å². The minimum absolute atomic E-state index is 0.101. The van der Waals surface area contributed by atoms with Crippen molar-refractivity contribution < 1.29 is 13.2 Å². The molecule has 0 fully saturated rings. The number of hydrogen-bond donors (Lipinski definition) is 2. The molecule has 0 spiro atoms. The molecule has 2 N–H and O–H groups in total. The first-order chi connectivity index (χ1) is 11.0. The zero-order valence-corrected chi connectivity index (χ0v) is 14.9. The third-order valence-corrected chi connectivity index (χ3v) is 5.15. The van der Waals surface area contributed by atoms with Crippen molar-refractivity contribution in [1.82, 2.24) is 10.0 Å². The van der Waals surface area contributed by atoms with Gasteiger partial charge in [-0.05, 0) is 31.7 Å². The fourth-order valence-electron chi connectivity index (χ4n) is 2.31. The van der Waals surface area contributed by atoms with Crippen molar-refractivity contribution in [2.75, 3.05) is 13.6 Å². The molecule has 0 aliphatic heterocycles. The van der Waals surface area contributed by atoms with Crippen LogP contribution in [0.25, 0.3) is 0 Å². The van der Waals surface area contributed by atoms with Crippen LogP contribution in [0.5, 0.6) is 0 Å². The van der Waals surface area contributed by atoms with Gasteiger partial charge in [-0.3, -0.25) is 4.79 Å². The number of rotatable bonds is 11. The molecule has 0 heterocycles. The number of carbonyl (C=O) groups excluding carboxylic acids is 1. The van der Waals surface area contributed by atoms with Crippen LogP contribution in [0.1, 0.15) is 62.2 Å². The summed E-state index contributed by atoms with van der Waals surface area (Å²) in [5, 5.41) is 2.84. The molecule has 0 saturated carbocycles. The summed E-state index contributed by atoms with van der Waals surface area (Å²) >= 11 is 0. The van der Waals surface area contributed by atoms with E-state index in [0.717, 1.165) is 12.8 Å². The van der Waals surface area contributed by atoms with Crippen molar-refractivity contribution in [2.45, 2.75) is 56.8 Å². The highest BCUT2D eigenvalue weighted by Gasteiger charge is 2.13. The first-order valence-electron chi connectivity index (χ1n) is 8.33. The minimum atomic E-state index is -3.52. The topological polar surface area (TPSA) is 75.3 Å². The molecule has 0 radical (unpaired) electrons. The van der Waals surface area contributed by atoms with Crippen LogP contribution in [0.2, 0.25) is 0 Å². The summed E-state index contributed by atoms with van der Waals surface area (Å²) in [6.45, 7) is 2.82. The lowest BCUT2D eigenvalue weighted by atomic mass is 10.1. The number of unbranched alkanes of at least 4 members (excludes halogenated alkanes) is 6. The molecule has 1 aromatic carbocycles. The van der Waals surface area contributed by atoms with E-state index in [9.17, 15) is 13.2 Å². The molecule has 1 aromatic rings. The summed E-state index contributed by atoms with van der Waals surface area (Å²) in [6, 6.07) is 6.06. The fraction of sp³-hybridized carbons (Fsp3) is 0.588. The normalized spacial score (nSPS) is 11.4. The molecule has 0 aliphatic carbocycles. The van der Waals surface area contributed by atoms with Gasteiger partial charge in [-0.1, -0.05) is 51.5 Å². The molecule has 23 heavy (non-hydrogen) atoms. The van der Waals surface area contributed by atoms with Crippen LogP contribution in [0.4, 0.5) is 0 Å². The molecule has 1 rings (SSSR count). The Balaban J connectivity index is 2.37. The Hall–Kier alpha value is -1.40. The standard InChI is InChI=1S/C17H28N2O3S/c1-3-4-5-6-7-8-9-13-19-17(20)15-11-10-12-16(14-15)23(21,22)18-2/h10-12,14,18H,3-9,13H2,1-2H3,(H,19,20). The summed E-state index contributed by atoms with van der Waals surface area (Å²) in [5.41, 5.74) is 0.365. The molecule has 0 unspecified atom stereocenters. The van der Waals surface area contributed by atoms with Gasteiger partial charge in [0.15, 0.2) is 0 Å². The van der Waals surface area contributed by atoms with Gasteiger partial charge in [-0.2, -0.15) is 0 Å². The molecule has 130 valence electrons. The lowest BCUT2D eigenvalue weighted by Crippen LogP contribution is -2.25. The van der Waals surface area contributed by atoms with Crippen molar-refractivity contribution in [3.05, 3.63) is 29.8 Å². The summed E-state index contributed by atoms with van der Waals surface area (Å²) in [5.74, 6) is -0.232. The summed E-state index contributed by atoms with van der Waals surface area (Å²) in [4.78, 5) is 12.2. The number of carbonyl (C=O) groups is 1. The second-order valence-corrected chi connectivity index (χ2v) is 7.50. The zero-order chi connectivity index (χ0) is 17.1. The smallest absolute Gasteiger partial charge is 0.251 e. The number of sulfonamides is 1. The van der Waals surface area contributed by atoms with Crippen molar-refractivity contribution in [3.63, 3.8) is 0 Å². The third-order valence-electron chi connectivity index (χ3n) is 3.74. The first kappa shape index (κ1) is 19.6. The molecule has 6 heteroatoms. The van der Waals surface area contributed by atoms with E-state index in [0.29, 0.717) is 12.1 Å². The van der Waals surface area contributed by atoms with Gasteiger partial charge in [0.1, 0.15) is 0 Å². The predicted octanol–water partition coefficient (Wildman–Crippen LogP) is 3.08. The summed E-state index contributed by atoms with van der Waals surface area (Å²) < 4.78 is 25.7. The maximum atomic E-state index is 12.1. The van der Waals surface area contributed by atoms with E-state index in [1.54, 1.807) is 12.1 Å². The van der Waals surface area contributed by atoms with Crippen LogP contribution in [0, 0.1) is 0 Å². The Morgan fingerprint density at radius 1 is 1.04 bits per heavy atom. The van der Waals surface area contributed by atoms with Gasteiger partial charge in [0, 0.05) is 12.1 Å². The van der Waals surface area contributed by atoms with Gasteiger partial charge in [0.2, 0.25) is 10.0 Å². The maximum Gasteiger partial charge on any atom is 0.251 e. The number of nitrogens with one attached hydrogen (secondary N) is 2. The number of benzene rings is 1. The van der Waals surface area contributed by atoms with Crippen molar-refractivity contribution in [3.8, 4) is 0 Å². The molecular formula is C17H28N2O3S. The van der Waals surface area contributed by atoms with Crippen LogP contribution >= 0.6 is 0 Å². The van der Waals surface area contributed by atoms with E-state index >= 15 is 0 Å². The maximum absolute atomic E-state index is 12.1. The monoisotopic (exact) mass is 340 g/mol. The van der Waals surface area contributed by atoms with E-state index in [1.165, 1.54) is 51.3 Å². The van der Waals surface area contributed by atoms with Gasteiger partial charge in [0.25, 0.3) is 5.91 Å². The Bertz CT molecular complexity index is 585. The van der Waals surface area contributed by atoms with Gasteiger partial charge >= 0.3 is 0 Å². The van der Waals surface area contributed by atoms with E-state index in [-0.39, 0.29) is 10.8 Å². The summed E-state index contributed by atoms with van der Waals surface area (Å²) in [6.07, 6.45) is 8.35. The minimum Gasteiger partial charge on any atom is -0.352 e. The molecule has 5 nitrogen and oxygen atoms in total. The molecule has 0 atom stereocenters. The lowest BCUT2D eigenvalue weighted by Gasteiger charge is -2.07. The number of amides is 1. The van der Waals surface area contributed by atoms with Crippen LogP contribution in [-0.4, -0.2) is 27.9 Å². The average Bonchev–Trinajstić information content (AvgIpc) is 2.57. The molecule has 0 saturated heterocycles. The fourth-order valence-corrected chi connectivity index (χ4v) is 3.08. The Morgan fingerprint density at radius 2 is 1.70 bits per heavy atom. The SMILES string of the molecule is CCCCCCCCCNC(=O)c1cccc(S(=O)(=O)NC)c1. The Labute approximate surface area is 139 Å². The highest BCUT2D eigenvalue weighted by molar-refractivity contribution is 7.89. The molecular weight excluding hydrogens is 312 g/mol. The highest BCUT2D eigenvalue weighted by atomic mass is 32.2. The second-order valence-electron chi connectivity index (χ2n) is 5.61. The van der Waals surface area contributed by atoms with Crippen molar-refractivity contribution in [1.29, 1.82) is 0 Å². The van der Waals surface area contributed by atoms with Gasteiger partial charge in [0.05, 0.1) is 4.90 Å². The van der Waals surface area contributed by atoms with Crippen molar-refractivity contribution >= 4 is 15.9 Å². The van der Waals surface area contributed by atoms with Crippen LogP contribution in [0.3, 0.4) is 0 Å². The molecule has 0 aromatic heterocycles.